The van der Waals surface area contributed by atoms with Crippen LogP contribution in [0.2, 0.25) is 0 Å². The van der Waals surface area contributed by atoms with Crippen LogP contribution in [0.4, 0.5) is 11.6 Å². The molecule has 6 heteroatoms. The minimum Gasteiger partial charge on any atom is -0.467 e. The topological polar surface area (TPSA) is 63.0 Å². The van der Waals surface area contributed by atoms with Gasteiger partial charge in [0, 0.05) is 7.05 Å². The zero-order chi connectivity index (χ0) is 12.3. The van der Waals surface area contributed by atoms with Gasteiger partial charge in [0.15, 0.2) is 0 Å². The lowest BCUT2D eigenvalue weighted by Gasteiger charge is -2.14. The van der Waals surface area contributed by atoms with Crippen molar-refractivity contribution in [3.8, 4) is 0 Å². The number of halogens is 1. The van der Waals surface area contributed by atoms with Crippen LogP contribution in [0.25, 0.3) is 0 Å². The fourth-order valence-electron chi connectivity index (χ4n) is 1.46. The van der Waals surface area contributed by atoms with Crippen LogP contribution in [0.1, 0.15) is 18.7 Å². The second kappa shape index (κ2) is 5.18. The second-order valence-corrected chi connectivity index (χ2v) is 4.31. The van der Waals surface area contributed by atoms with Crippen molar-refractivity contribution in [1.82, 2.24) is 9.97 Å². The molecule has 90 valence electrons. The molecule has 2 heterocycles. The normalized spacial score (nSPS) is 12.2. The average molecular weight is 297 g/mol. The lowest BCUT2D eigenvalue weighted by Crippen LogP contribution is -2.09. The summed E-state index contributed by atoms with van der Waals surface area (Å²) >= 11 is 3.45. The Balaban J connectivity index is 2.19. The number of hydrogen-bond donors (Lipinski definition) is 2. The summed E-state index contributed by atoms with van der Waals surface area (Å²) < 4.78 is 6.13. The Labute approximate surface area is 108 Å². The Bertz CT molecular complexity index is 486. The van der Waals surface area contributed by atoms with E-state index in [0.717, 1.165) is 21.9 Å². The number of nitrogens with one attached hydrogen (secondary N) is 2. The standard InChI is InChI=1S/C11H13BrN4O/c1-7(8-4-3-5-17-8)16-11-9(12)10(13-2)14-6-15-11/h3-7H,1-2H3,(H2,13,14,15,16). The van der Waals surface area contributed by atoms with Gasteiger partial charge in [0.25, 0.3) is 0 Å². The van der Waals surface area contributed by atoms with E-state index >= 15 is 0 Å². The molecular weight excluding hydrogens is 284 g/mol. The molecule has 1 atom stereocenters. The van der Waals surface area contributed by atoms with E-state index in [-0.39, 0.29) is 6.04 Å². The molecule has 0 aromatic carbocycles. The highest BCUT2D eigenvalue weighted by molar-refractivity contribution is 9.10. The molecule has 0 spiro atoms. The number of aromatic nitrogens is 2. The molecule has 0 bridgehead atoms. The highest BCUT2D eigenvalue weighted by Crippen LogP contribution is 2.28. The van der Waals surface area contributed by atoms with E-state index < -0.39 is 0 Å². The highest BCUT2D eigenvalue weighted by Gasteiger charge is 2.12. The van der Waals surface area contributed by atoms with Crippen molar-refractivity contribution in [2.75, 3.05) is 17.7 Å². The van der Waals surface area contributed by atoms with Crippen LogP contribution >= 0.6 is 15.9 Å². The van der Waals surface area contributed by atoms with E-state index in [1.165, 1.54) is 6.33 Å². The van der Waals surface area contributed by atoms with Gasteiger partial charge in [-0.15, -0.1) is 0 Å². The molecule has 0 aliphatic heterocycles. The third kappa shape index (κ3) is 2.58. The molecule has 17 heavy (non-hydrogen) atoms. The van der Waals surface area contributed by atoms with E-state index in [2.05, 4.69) is 36.5 Å². The first-order valence-corrected chi connectivity index (χ1v) is 6.00. The fourth-order valence-corrected chi connectivity index (χ4v) is 1.98. The second-order valence-electron chi connectivity index (χ2n) is 3.52. The molecule has 5 nitrogen and oxygen atoms in total. The summed E-state index contributed by atoms with van der Waals surface area (Å²) in [5, 5.41) is 6.24. The van der Waals surface area contributed by atoms with E-state index in [1.54, 1.807) is 6.26 Å². The van der Waals surface area contributed by atoms with Crippen molar-refractivity contribution in [3.05, 3.63) is 35.0 Å². The quantitative estimate of drug-likeness (QED) is 0.908. The fraction of sp³-hybridized carbons (Fsp3) is 0.273. The minimum absolute atomic E-state index is 0.0425. The maximum absolute atomic E-state index is 5.33. The Hall–Kier alpha value is -1.56. The summed E-state index contributed by atoms with van der Waals surface area (Å²) in [6.07, 6.45) is 3.16. The molecule has 2 rings (SSSR count). The molecule has 1 unspecified atom stereocenters. The first kappa shape index (κ1) is 11.9. The van der Waals surface area contributed by atoms with Gasteiger partial charge in [-0.05, 0) is 35.0 Å². The average Bonchev–Trinajstić information content (AvgIpc) is 2.85. The number of hydrogen-bond acceptors (Lipinski definition) is 5. The summed E-state index contributed by atoms with van der Waals surface area (Å²) in [5.74, 6) is 2.34. The molecule has 0 amide bonds. The maximum Gasteiger partial charge on any atom is 0.146 e. The van der Waals surface area contributed by atoms with Gasteiger partial charge in [0.05, 0.1) is 12.3 Å². The molecule has 0 fully saturated rings. The summed E-state index contributed by atoms with van der Waals surface area (Å²) in [4.78, 5) is 8.28. The molecule has 0 saturated heterocycles. The van der Waals surface area contributed by atoms with Gasteiger partial charge in [0.2, 0.25) is 0 Å². The zero-order valence-electron chi connectivity index (χ0n) is 9.57. The van der Waals surface area contributed by atoms with E-state index in [4.69, 9.17) is 4.42 Å². The Morgan fingerprint density at radius 2 is 2.12 bits per heavy atom. The van der Waals surface area contributed by atoms with Gasteiger partial charge in [-0.1, -0.05) is 0 Å². The third-order valence-corrected chi connectivity index (χ3v) is 3.10. The van der Waals surface area contributed by atoms with Gasteiger partial charge in [-0.3, -0.25) is 0 Å². The van der Waals surface area contributed by atoms with Crippen LogP contribution in [0.15, 0.2) is 33.6 Å². The Morgan fingerprint density at radius 3 is 2.76 bits per heavy atom. The van der Waals surface area contributed by atoms with E-state index in [0.29, 0.717) is 0 Å². The number of anilines is 2. The first-order valence-electron chi connectivity index (χ1n) is 5.20. The van der Waals surface area contributed by atoms with Gasteiger partial charge < -0.3 is 15.1 Å². The van der Waals surface area contributed by atoms with Gasteiger partial charge >= 0.3 is 0 Å². The largest absolute Gasteiger partial charge is 0.467 e. The summed E-state index contributed by atoms with van der Waals surface area (Å²) in [7, 11) is 1.81. The van der Waals surface area contributed by atoms with Gasteiger partial charge in [0.1, 0.15) is 28.2 Å². The highest BCUT2D eigenvalue weighted by atomic mass is 79.9. The van der Waals surface area contributed by atoms with Crippen molar-refractivity contribution in [1.29, 1.82) is 0 Å². The van der Waals surface area contributed by atoms with Crippen LogP contribution in [0.3, 0.4) is 0 Å². The predicted molar refractivity (Wildman–Crippen MR) is 70.0 cm³/mol. The molecule has 2 N–H and O–H groups in total. The molecule has 0 radical (unpaired) electrons. The van der Waals surface area contributed by atoms with E-state index in [9.17, 15) is 0 Å². The van der Waals surface area contributed by atoms with Crippen LogP contribution in [0, 0.1) is 0 Å². The Morgan fingerprint density at radius 1 is 1.35 bits per heavy atom. The van der Waals surface area contributed by atoms with Crippen molar-refractivity contribution < 1.29 is 4.42 Å². The molecule has 2 aromatic rings. The van der Waals surface area contributed by atoms with Crippen molar-refractivity contribution in [3.63, 3.8) is 0 Å². The molecule has 2 aromatic heterocycles. The number of furan rings is 1. The van der Waals surface area contributed by atoms with Crippen LogP contribution in [-0.4, -0.2) is 17.0 Å². The van der Waals surface area contributed by atoms with E-state index in [1.807, 2.05) is 26.1 Å². The van der Waals surface area contributed by atoms with Crippen molar-refractivity contribution in [2.24, 2.45) is 0 Å². The lowest BCUT2D eigenvalue weighted by molar-refractivity contribution is 0.490. The van der Waals surface area contributed by atoms with Crippen molar-refractivity contribution in [2.45, 2.75) is 13.0 Å². The SMILES string of the molecule is CNc1ncnc(NC(C)c2ccco2)c1Br. The Kier molecular flexibility index (Phi) is 3.63. The van der Waals surface area contributed by atoms with Crippen LogP contribution in [-0.2, 0) is 0 Å². The first-order chi connectivity index (χ1) is 8.22. The van der Waals surface area contributed by atoms with Crippen LogP contribution < -0.4 is 10.6 Å². The monoisotopic (exact) mass is 296 g/mol. The molecule has 0 aliphatic rings. The molecule has 0 saturated carbocycles. The molecular formula is C11H13BrN4O. The maximum atomic E-state index is 5.33. The lowest BCUT2D eigenvalue weighted by atomic mass is 10.2. The number of rotatable bonds is 4. The summed E-state index contributed by atoms with van der Waals surface area (Å²) in [5.41, 5.74) is 0. The third-order valence-electron chi connectivity index (χ3n) is 2.35. The predicted octanol–water partition coefficient (Wildman–Crippen LogP) is 3.05. The van der Waals surface area contributed by atoms with Gasteiger partial charge in [-0.2, -0.15) is 0 Å². The summed E-state index contributed by atoms with van der Waals surface area (Å²) in [6, 6.07) is 3.83. The van der Waals surface area contributed by atoms with Crippen molar-refractivity contribution >= 4 is 27.6 Å². The minimum atomic E-state index is 0.0425. The smallest absolute Gasteiger partial charge is 0.146 e. The van der Waals surface area contributed by atoms with Crippen LogP contribution in [0.5, 0.6) is 0 Å². The summed E-state index contributed by atoms with van der Waals surface area (Å²) in [6.45, 7) is 2.01. The zero-order valence-corrected chi connectivity index (χ0v) is 11.2. The number of nitrogens with zero attached hydrogens (tertiary/aromatic N) is 2. The molecule has 0 aliphatic carbocycles. The van der Waals surface area contributed by atoms with Gasteiger partial charge in [-0.25, -0.2) is 9.97 Å².